The van der Waals surface area contributed by atoms with Gasteiger partial charge in [0.2, 0.25) is 0 Å². The lowest BCUT2D eigenvalue weighted by Gasteiger charge is -2.11. The number of hydrogen-bond acceptors (Lipinski definition) is 9. The summed E-state index contributed by atoms with van der Waals surface area (Å²) < 4.78 is 13.0. The number of hydrogen-bond donors (Lipinski definition) is 1. The number of thioether (sulfide) groups is 2. The van der Waals surface area contributed by atoms with E-state index in [1.165, 1.54) is 39.4 Å². The summed E-state index contributed by atoms with van der Waals surface area (Å²) in [6.45, 7) is 0.417. The fraction of sp³-hybridized carbons (Fsp3) is 0.133. The quantitative estimate of drug-likeness (QED) is 0.0976. The predicted molar refractivity (Wildman–Crippen MR) is 164 cm³/mol. The molecule has 0 bridgehead atoms. The number of hydrazone groups is 1. The van der Waals surface area contributed by atoms with Gasteiger partial charge in [0.25, 0.3) is 5.91 Å². The first kappa shape index (κ1) is 27.7. The van der Waals surface area contributed by atoms with Crippen LogP contribution in [0.4, 0.5) is 0 Å². The number of methoxy groups -OCH3 is 1. The Hall–Kier alpha value is -3.86. The number of amides is 1. The zero-order chi connectivity index (χ0) is 27.6. The van der Waals surface area contributed by atoms with Crippen molar-refractivity contribution in [3.8, 4) is 11.5 Å². The molecule has 0 saturated carbocycles. The van der Waals surface area contributed by atoms with E-state index in [0.717, 1.165) is 25.6 Å². The molecule has 0 saturated heterocycles. The molecule has 1 amide bonds. The zero-order valence-corrected chi connectivity index (χ0v) is 24.1. The number of aromatic nitrogens is 2. The van der Waals surface area contributed by atoms with Crippen LogP contribution < -0.4 is 14.9 Å². The van der Waals surface area contributed by atoms with Gasteiger partial charge in [-0.15, -0.1) is 10.2 Å². The van der Waals surface area contributed by atoms with Gasteiger partial charge in [-0.3, -0.25) is 4.79 Å². The Labute approximate surface area is 245 Å². The largest absolute Gasteiger partial charge is 0.493 e. The Morgan fingerprint density at radius 1 is 0.925 bits per heavy atom. The van der Waals surface area contributed by atoms with Crippen molar-refractivity contribution < 1.29 is 14.3 Å². The molecule has 7 nitrogen and oxygen atoms in total. The van der Waals surface area contributed by atoms with E-state index in [1.54, 1.807) is 25.1 Å². The summed E-state index contributed by atoms with van der Waals surface area (Å²) in [5.41, 5.74) is 5.65. The van der Waals surface area contributed by atoms with Gasteiger partial charge in [0.05, 0.1) is 19.1 Å². The summed E-state index contributed by atoms with van der Waals surface area (Å²) in [5, 5.41) is 15.1. The van der Waals surface area contributed by atoms with Gasteiger partial charge in [0.15, 0.2) is 20.2 Å². The van der Waals surface area contributed by atoms with Crippen LogP contribution >= 0.6 is 34.9 Å². The summed E-state index contributed by atoms with van der Waals surface area (Å²) in [6.07, 6.45) is 1.57. The average Bonchev–Trinajstić information content (AvgIpc) is 3.46. The highest BCUT2D eigenvalue weighted by Crippen LogP contribution is 2.32. The molecule has 0 fully saturated rings. The fourth-order valence-corrected chi connectivity index (χ4v) is 6.65. The van der Waals surface area contributed by atoms with Crippen molar-refractivity contribution in [3.05, 3.63) is 108 Å². The van der Waals surface area contributed by atoms with Gasteiger partial charge in [-0.1, -0.05) is 108 Å². The molecule has 202 valence electrons. The van der Waals surface area contributed by atoms with Crippen molar-refractivity contribution >= 4 is 57.8 Å². The molecule has 1 heterocycles. The van der Waals surface area contributed by atoms with Gasteiger partial charge in [0, 0.05) is 5.75 Å². The molecule has 5 rings (SSSR count). The standard InChI is InChI=1S/C30H26N4O3S3/c1-36-26-15-14-22(16-27(26)37-18-21-8-3-2-4-9-21)17-31-32-28(35)20-39-30-34-33-29(40-30)38-19-24-12-7-11-23-10-5-6-13-25(23)24/h2-17H,18-20H2,1H3,(H,32,35)/b31-17+. The van der Waals surface area contributed by atoms with E-state index in [-0.39, 0.29) is 11.7 Å². The smallest absolute Gasteiger partial charge is 0.250 e. The minimum Gasteiger partial charge on any atom is -0.493 e. The number of benzene rings is 4. The molecule has 0 atom stereocenters. The molecule has 0 aliphatic rings. The third-order valence-corrected chi connectivity index (χ3v) is 9.01. The van der Waals surface area contributed by atoms with Crippen LogP contribution in [0, 0.1) is 0 Å². The van der Waals surface area contributed by atoms with Crippen LogP contribution in [0.15, 0.2) is 105 Å². The first-order chi connectivity index (χ1) is 19.7. The van der Waals surface area contributed by atoms with Crippen molar-refractivity contribution in [2.75, 3.05) is 12.9 Å². The molecule has 5 aromatic rings. The Bertz CT molecular complexity index is 1600. The lowest BCUT2D eigenvalue weighted by molar-refractivity contribution is -0.118. The van der Waals surface area contributed by atoms with Crippen molar-refractivity contribution in [2.24, 2.45) is 5.10 Å². The van der Waals surface area contributed by atoms with E-state index in [1.807, 2.05) is 54.6 Å². The molecule has 1 aromatic heterocycles. The van der Waals surface area contributed by atoms with Crippen LogP contribution in [0.1, 0.15) is 16.7 Å². The lowest BCUT2D eigenvalue weighted by atomic mass is 10.1. The SMILES string of the molecule is COc1ccc(/C=N/NC(=O)CSc2nnc(SCc3cccc4ccccc34)s2)cc1OCc1ccccc1. The molecule has 0 radical (unpaired) electrons. The molecule has 0 aliphatic heterocycles. The maximum atomic E-state index is 12.3. The Morgan fingerprint density at radius 3 is 2.55 bits per heavy atom. The average molecular weight is 587 g/mol. The maximum absolute atomic E-state index is 12.3. The molecular formula is C30H26N4O3S3. The second-order valence-electron chi connectivity index (χ2n) is 8.53. The first-order valence-electron chi connectivity index (χ1n) is 12.4. The third kappa shape index (κ3) is 7.62. The number of carbonyl (C=O) groups is 1. The highest BCUT2D eigenvalue weighted by atomic mass is 32.2. The Morgan fingerprint density at radius 2 is 1.70 bits per heavy atom. The second kappa shape index (κ2) is 14.0. The minimum atomic E-state index is -0.226. The zero-order valence-electron chi connectivity index (χ0n) is 21.7. The first-order valence-corrected chi connectivity index (χ1v) is 15.2. The summed E-state index contributed by atoms with van der Waals surface area (Å²) in [5.74, 6) is 1.99. The highest BCUT2D eigenvalue weighted by Gasteiger charge is 2.10. The van der Waals surface area contributed by atoms with Crippen LogP contribution in [-0.2, 0) is 17.2 Å². The van der Waals surface area contributed by atoms with Gasteiger partial charge in [-0.05, 0) is 45.7 Å². The van der Waals surface area contributed by atoms with Crippen LogP contribution in [0.2, 0.25) is 0 Å². The molecular weight excluding hydrogens is 561 g/mol. The third-order valence-electron chi connectivity index (χ3n) is 5.77. The van der Waals surface area contributed by atoms with E-state index in [9.17, 15) is 4.79 Å². The number of nitrogens with zero attached hydrogens (tertiary/aromatic N) is 3. The molecule has 1 N–H and O–H groups in total. The molecule has 0 aliphatic carbocycles. The van der Waals surface area contributed by atoms with Crippen molar-refractivity contribution in [1.29, 1.82) is 0 Å². The topological polar surface area (TPSA) is 85.7 Å². The van der Waals surface area contributed by atoms with Crippen molar-refractivity contribution in [2.45, 2.75) is 21.0 Å². The predicted octanol–water partition coefficient (Wildman–Crippen LogP) is 6.81. The fourth-order valence-electron chi connectivity index (χ4n) is 3.83. The second-order valence-corrected chi connectivity index (χ2v) is 11.9. The van der Waals surface area contributed by atoms with Gasteiger partial charge >= 0.3 is 0 Å². The highest BCUT2D eigenvalue weighted by molar-refractivity contribution is 8.03. The van der Waals surface area contributed by atoms with E-state index < -0.39 is 0 Å². The van der Waals surface area contributed by atoms with E-state index in [2.05, 4.69) is 57.1 Å². The van der Waals surface area contributed by atoms with Crippen LogP contribution in [-0.4, -0.2) is 35.2 Å². The Kier molecular flexibility index (Phi) is 9.68. The van der Waals surface area contributed by atoms with Gasteiger partial charge in [0.1, 0.15) is 6.61 Å². The number of ether oxygens (including phenoxy) is 2. The van der Waals surface area contributed by atoms with Crippen molar-refractivity contribution in [1.82, 2.24) is 15.6 Å². The summed E-state index contributed by atoms with van der Waals surface area (Å²) in [7, 11) is 1.60. The molecule has 0 unspecified atom stereocenters. The Balaban J connectivity index is 1.09. The van der Waals surface area contributed by atoms with Crippen LogP contribution in [0.5, 0.6) is 11.5 Å². The van der Waals surface area contributed by atoms with Gasteiger partial charge in [-0.2, -0.15) is 5.10 Å². The molecule has 4 aromatic carbocycles. The molecule has 0 spiro atoms. The van der Waals surface area contributed by atoms with Crippen molar-refractivity contribution in [3.63, 3.8) is 0 Å². The summed E-state index contributed by atoms with van der Waals surface area (Å²) in [6, 6.07) is 30.1. The summed E-state index contributed by atoms with van der Waals surface area (Å²) >= 11 is 4.48. The van der Waals surface area contributed by atoms with Crippen LogP contribution in [0.25, 0.3) is 10.8 Å². The van der Waals surface area contributed by atoms with E-state index in [4.69, 9.17) is 9.47 Å². The van der Waals surface area contributed by atoms with E-state index in [0.29, 0.717) is 18.1 Å². The van der Waals surface area contributed by atoms with Gasteiger partial charge in [-0.25, -0.2) is 5.43 Å². The molecule has 10 heteroatoms. The minimum absolute atomic E-state index is 0.189. The number of fused-ring (bicyclic) bond motifs is 1. The maximum Gasteiger partial charge on any atom is 0.250 e. The van der Waals surface area contributed by atoms with E-state index >= 15 is 0 Å². The number of rotatable bonds is 12. The lowest BCUT2D eigenvalue weighted by Crippen LogP contribution is -2.19. The monoisotopic (exact) mass is 586 g/mol. The number of nitrogens with one attached hydrogen (secondary N) is 1. The summed E-state index contributed by atoms with van der Waals surface area (Å²) in [4.78, 5) is 12.3. The molecule has 40 heavy (non-hydrogen) atoms. The van der Waals surface area contributed by atoms with Gasteiger partial charge < -0.3 is 9.47 Å². The normalized spacial score (nSPS) is 11.1. The van der Waals surface area contributed by atoms with Crippen LogP contribution in [0.3, 0.4) is 0 Å². The number of carbonyl (C=O) groups excluding carboxylic acids is 1.